The van der Waals surface area contributed by atoms with E-state index in [-0.39, 0.29) is 12.1 Å². The molecule has 0 aromatic carbocycles. The molecule has 3 rings (SSSR count). The van der Waals surface area contributed by atoms with Crippen LogP contribution in [0.5, 0.6) is 5.88 Å². The molecule has 2 aromatic heterocycles. The van der Waals surface area contributed by atoms with E-state index in [1.54, 1.807) is 12.3 Å². The second-order valence-electron chi connectivity index (χ2n) is 4.89. The maximum atomic E-state index is 5.84. The summed E-state index contributed by atoms with van der Waals surface area (Å²) in [5.41, 5.74) is 6.57. The number of pyridine rings is 1. The number of ether oxygens (including phenoxy) is 2. The monoisotopic (exact) mass is 321 g/mol. The third kappa shape index (κ3) is 3.96. The zero-order chi connectivity index (χ0) is 15.4. The Balaban J connectivity index is 1.62. The number of anilines is 2. The van der Waals surface area contributed by atoms with Gasteiger partial charge in [0.2, 0.25) is 11.8 Å². The van der Waals surface area contributed by atoms with Gasteiger partial charge >= 0.3 is 0 Å². The van der Waals surface area contributed by atoms with E-state index in [2.05, 4.69) is 20.3 Å². The van der Waals surface area contributed by atoms with Gasteiger partial charge in [0, 0.05) is 31.3 Å². The first-order valence-electron chi connectivity index (χ1n) is 6.92. The Bertz CT molecular complexity index is 629. The maximum absolute atomic E-state index is 5.84. The van der Waals surface area contributed by atoms with Gasteiger partial charge in [-0.25, -0.2) is 9.97 Å². The summed E-state index contributed by atoms with van der Waals surface area (Å²) >= 11 is 5.84. The third-order valence-electron chi connectivity index (χ3n) is 3.16. The predicted molar refractivity (Wildman–Crippen MR) is 82.9 cm³/mol. The molecule has 3 heterocycles. The van der Waals surface area contributed by atoms with Gasteiger partial charge in [0.15, 0.2) is 0 Å². The van der Waals surface area contributed by atoms with Crippen molar-refractivity contribution in [3.63, 3.8) is 0 Å². The number of nitrogen functional groups attached to an aromatic ring is 1. The largest absolute Gasteiger partial charge is 0.472 e. The molecule has 0 radical (unpaired) electrons. The molecule has 0 spiro atoms. The molecule has 0 aliphatic carbocycles. The second-order valence-corrected chi connectivity index (χ2v) is 5.28. The number of nitrogens with one attached hydrogen (secondary N) is 1. The minimum atomic E-state index is 0.0798. The van der Waals surface area contributed by atoms with Gasteiger partial charge in [-0.15, -0.1) is 0 Å². The lowest BCUT2D eigenvalue weighted by Crippen LogP contribution is -2.16. The molecule has 116 valence electrons. The summed E-state index contributed by atoms with van der Waals surface area (Å²) in [5, 5.41) is 3.44. The van der Waals surface area contributed by atoms with Crippen molar-refractivity contribution in [2.24, 2.45) is 0 Å². The fourth-order valence-corrected chi connectivity index (χ4v) is 2.31. The smallest absolute Gasteiger partial charge is 0.223 e. The van der Waals surface area contributed by atoms with Gasteiger partial charge in [0.25, 0.3) is 0 Å². The topological polar surface area (TPSA) is 95.2 Å². The molecule has 22 heavy (non-hydrogen) atoms. The van der Waals surface area contributed by atoms with Crippen LogP contribution in [0.3, 0.4) is 0 Å². The van der Waals surface area contributed by atoms with E-state index >= 15 is 0 Å². The van der Waals surface area contributed by atoms with Crippen LogP contribution in [0.1, 0.15) is 12.0 Å². The van der Waals surface area contributed by atoms with Crippen molar-refractivity contribution in [3.8, 4) is 5.88 Å². The number of nitrogens with two attached hydrogens (primary N) is 1. The van der Waals surface area contributed by atoms with E-state index in [9.17, 15) is 0 Å². The highest BCUT2D eigenvalue weighted by Gasteiger charge is 2.17. The van der Waals surface area contributed by atoms with Crippen LogP contribution in [0.25, 0.3) is 0 Å². The normalized spacial score (nSPS) is 17.4. The summed E-state index contributed by atoms with van der Waals surface area (Å²) < 4.78 is 11.1. The molecule has 1 saturated heterocycles. The van der Waals surface area contributed by atoms with Crippen molar-refractivity contribution in [3.05, 3.63) is 35.1 Å². The van der Waals surface area contributed by atoms with Gasteiger partial charge in [-0.1, -0.05) is 11.6 Å². The minimum absolute atomic E-state index is 0.0798. The lowest BCUT2D eigenvalue weighted by molar-refractivity contribution is 0.138. The molecule has 0 bridgehead atoms. The number of halogens is 1. The summed E-state index contributed by atoms with van der Waals surface area (Å²) in [6.07, 6.45) is 2.68. The standard InChI is InChI=1S/C14H16ClN5O2/c15-11-6-12(20-14(16)19-11)18-7-9-1-3-17-13(5-9)22-10-2-4-21-8-10/h1,3,5-6,10H,2,4,7-8H2,(H3,16,18,19,20). The first-order chi connectivity index (χ1) is 10.7. The van der Waals surface area contributed by atoms with E-state index in [1.165, 1.54) is 0 Å². The lowest BCUT2D eigenvalue weighted by Gasteiger charge is -2.12. The Hall–Kier alpha value is -2.12. The van der Waals surface area contributed by atoms with Crippen molar-refractivity contribution >= 4 is 23.4 Å². The fraction of sp³-hybridized carbons (Fsp3) is 0.357. The molecule has 1 fully saturated rings. The summed E-state index contributed by atoms with van der Waals surface area (Å²) in [6.45, 7) is 1.90. The molecule has 3 N–H and O–H groups in total. The average Bonchev–Trinajstić information content (AvgIpc) is 2.97. The van der Waals surface area contributed by atoms with Gasteiger partial charge in [0.1, 0.15) is 17.1 Å². The minimum Gasteiger partial charge on any atom is -0.472 e. The molecule has 1 atom stereocenters. The van der Waals surface area contributed by atoms with Crippen LogP contribution in [-0.4, -0.2) is 34.3 Å². The molecule has 2 aromatic rings. The van der Waals surface area contributed by atoms with E-state index in [0.717, 1.165) is 18.6 Å². The highest BCUT2D eigenvalue weighted by Crippen LogP contribution is 2.17. The van der Waals surface area contributed by atoms with Crippen molar-refractivity contribution < 1.29 is 9.47 Å². The van der Waals surface area contributed by atoms with E-state index in [0.29, 0.717) is 30.0 Å². The molecule has 8 heteroatoms. The predicted octanol–water partition coefficient (Wildman–Crippen LogP) is 1.89. The van der Waals surface area contributed by atoms with Crippen molar-refractivity contribution in [1.29, 1.82) is 0 Å². The van der Waals surface area contributed by atoms with Crippen LogP contribution in [0.15, 0.2) is 24.4 Å². The molecule has 0 amide bonds. The number of aromatic nitrogens is 3. The Morgan fingerprint density at radius 1 is 1.41 bits per heavy atom. The molecular formula is C14H16ClN5O2. The van der Waals surface area contributed by atoms with Crippen LogP contribution < -0.4 is 15.8 Å². The number of nitrogens with zero attached hydrogens (tertiary/aromatic N) is 3. The van der Waals surface area contributed by atoms with Crippen molar-refractivity contribution in [2.45, 2.75) is 19.1 Å². The zero-order valence-electron chi connectivity index (χ0n) is 11.8. The molecule has 0 saturated carbocycles. The van der Waals surface area contributed by atoms with E-state index in [4.69, 9.17) is 26.8 Å². The van der Waals surface area contributed by atoms with E-state index < -0.39 is 0 Å². The Labute approximate surface area is 132 Å². The van der Waals surface area contributed by atoms with Crippen molar-refractivity contribution in [1.82, 2.24) is 15.0 Å². The third-order valence-corrected chi connectivity index (χ3v) is 3.35. The summed E-state index contributed by atoms with van der Waals surface area (Å²) in [4.78, 5) is 12.1. The van der Waals surface area contributed by atoms with Crippen LogP contribution in [0.2, 0.25) is 5.15 Å². The molecule has 1 aliphatic rings. The van der Waals surface area contributed by atoms with Gasteiger partial charge < -0.3 is 20.5 Å². The summed E-state index contributed by atoms with van der Waals surface area (Å²) in [5.74, 6) is 1.30. The zero-order valence-corrected chi connectivity index (χ0v) is 12.6. The first-order valence-corrected chi connectivity index (χ1v) is 7.30. The molecule has 1 unspecified atom stereocenters. The van der Waals surface area contributed by atoms with Gasteiger partial charge in [-0.05, 0) is 11.6 Å². The molecule has 1 aliphatic heterocycles. The first kappa shape index (κ1) is 14.8. The second kappa shape index (κ2) is 6.76. The van der Waals surface area contributed by atoms with Crippen molar-refractivity contribution in [2.75, 3.05) is 24.3 Å². The average molecular weight is 322 g/mol. The molecule has 7 nitrogen and oxygen atoms in total. The number of hydrogen-bond acceptors (Lipinski definition) is 7. The number of rotatable bonds is 5. The Kier molecular flexibility index (Phi) is 4.55. The van der Waals surface area contributed by atoms with E-state index in [1.807, 2.05) is 12.1 Å². The molecular weight excluding hydrogens is 306 g/mol. The highest BCUT2D eigenvalue weighted by atomic mass is 35.5. The lowest BCUT2D eigenvalue weighted by atomic mass is 10.2. The van der Waals surface area contributed by atoms with Crippen LogP contribution in [0, 0.1) is 0 Å². The van der Waals surface area contributed by atoms with Crippen LogP contribution in [-0.2, 0) is 11.3 Å². The number of hydrogen-bond donors (Lipinski definition) is 2. The van der Waals surface area contributed by atoms with Crippen LogP contribution in [0.4, 0.5) is 11.8 Å². The quantitative estimate of drug-likeness (QED) is 0.812. The summed E-state index contributed by atoms with van der Waals surface area (Å²) in [7, 11) is 0. The van der Waals surface area contributed by atoms with Gasteiger partial charge in [0.05, 0.1) is 13.2 Å². The highest BCUT2D eigenvalue weighted by molar-refractivity contribution is 6.29. The SMILES string of the molecule is Nc1nc(Cl)cc(NCc2ccnc(OC3CCOC3)c2)n1. The summed E-state index contributed by atoms with van der Waals surface area (Å²) in [6, 6.07) is 5.40. The maximum Gasteiger partial charge on any atom is 0.223 e. The Morgan fingerprint density at radius 3 is 3.09 bits per heavy atom. The van der Waals surface area contributed by atoms with Crippen LogP contribution >= 0.6 is 11.6 Å². The van der Waals surface area contributed by atoms with Gasteiger partial charge in [-0.3, -0.25) is 0 Å². The fourth-order valence-electron chi connectivity index (χ4n) is 2.12. The van der Waals surface area contributed by atoms with Gasteiger partial charge in [-0.2, -0.15) is 4.98 Å². The Morgan fingerprint density at radius 2 is 2.32 bits per heavy atom.